The Morgan fingerprint density at radius 3 is 2.60 bits per heavy atom. The standard InChI is InChI=1S/C21H18FN5O2S/c1-26-12-17-19(25-26)20(29)27(11-14-7-9-15(22)10-8-14)21(24-17)30-13-18(28)23-16-5-3-2-4-6-16/h2-10,12H,11,13H2,1H3,(H,23,28). The molecule has 2 aromatic heterocycles. The van der Waals surface area contributed by atoms with Gasteiger partial charge in [-0.2, -0.15) is 5.10 Å². The molecule has 0 saturated carbocycles. The third-order valence-corrected chi connectivity index (χ3v) is 5.32. The molecule has 0 atom stereocenters. The number of fused-ring (bicyclic) bond motifs is 1. The van der Waals surface area contributed by atoms with Crippen molar-refractivity contribution in [2.24, 2.45) is 7.05 Å². The minimum atomic E-state index is -0.350. The van der Waals surface area contributed by atoms with Crippen LogP contribution in [0.15, 0.2) is 70.7 Å². The highest BCUT2D eigenvalue weighted by Crippen LogP contribution is 2.19. The van der Waals surface area contributed by atoms with Crippen molar-refractivity contribution in [3.63, 3.8) is 0 Å². The van der Waals surface area contributed by atoms with Gasteiger partial charge in [0.05, 0.1) is 18.5 Å². The lowest BCUT2D eigenvalue weighted by atomic mass is 10.2. The Hall–Kier alpha value is -3.46. The Kier molecular flexibility index (Phi) is 5.62. The van der Waals surface area contributed by atoms with Crippen LogP contribution in [0.4, 0.5) is 10.1 Å². The molecule has 0 fully saturated rings. The van der Waals surface area contributed by atoms with Crippen LogP contribution < -0.4 is 10.9 Å². The van der Waals surface area contributed by atoms with Crippen molar-refractivity contribution in [1.82, 2.24) is 19.3 Å². The summed E-state index contributed by atoms with van der Waals surface area (Å²) in [6.45, 7) is 0.196. The van der Waals surface area contributed by atoms with Gasteiger partial charge in [0.25, 0.3) is 5.56 Å². The summed E-state index contributed by atoms with van der Waals surface area (Å²) in [5.74, 6) is -0.479. The maximum Gasteiger partial charge on any atom is 0.282 e. The predicted octanol–water partition coefficient (Wildman–Crippen LogP) is 3.05. The number of nitrogens with one attached hydrogen (secondary N) is 1. The molecule has 1 amide bonds. The van der Waals surface area contributed by atoms with Crippen LogP contribution in [0, 0.1) is 5.82 Å². The monoisotopic (exact) mass is 423 g/mol. The van der Waals surface area contributed by atoms with Gasteiger partial charge < -0.3 is 5.32 Å². The summed E-state index contributed by atoms with van der Waals surface area (Å²) in [5.41, 5.74) is 1.84. The van der Waals surface area contributed by atoms with Crippen LogP contribution in [-0.2, 0) is 18.4 Å². The Labute approximate surface area is 175 Å². The maximum atomic E-state index is 13.2. The summed E-state index contributed by atoms with van der Waals surface area (Å²) in [4.78, 5) is 29.9. The zero-order valence-electron chi connectivity index (χ0n) is 16.1. The van der Waals surface area contributed by atoms with Gasteiger partial charge in [0.15, 0.2) is 10.7 Å². The summed E-state index contributed by atoms with van der Waals surface area (Å²) in [6, 6.07) is 15.0. The van der Waals surface area contributed by atoms with E-state index in [1.807, 2.05) is 18.2 Å². The number of rotatable bonds is 6. The third-order valence-electron chi connectivity index (χ3n) is 4.35. The largest absolute Gasteiger partial charge is 0.325 e. The first-order valence-corrected chi connectivity index (χ1v) is 10.1. The number of hydrogen-bond acceptors (Lipinski definition) is 5. The normalized spacial score (nSPS) is 11.0. The number of carbonyl (C=O) groups is 1. The first kappa shape index (κ1) is 19.8. The highest BCUT2D eigenvalue weighted by Gasteiger charge is 2.16. The van der Waals surface area contributed by atoms with Gasteiger partial charge in [0, 0.05) is 12.7 Å². The quantitative estimate of drug-likeness (QED) is 0.381. The number of aromatic nitrogens is 4. The van der Waals surface area contributed by atoms with E-state index in [1.54, 1.807) is 37.5 Å². The lowest BCUT2D eigenvalue weighted by molar-refractivity contribution is -0.113. The second kappa shape index (κ2) is 8.50. The lowest BCUT2D eigenvalue weighted by Crippen LogP contribution is -2.25. The van der Waals surface area contributed by atoms with E-state index in [1.165, 1.54) is 21.4 Å². The van der Waals surface area contributed by atoms with Crippen molar-refractivity contribution in [3.8, 4) is 0 Å². The van der Waals surface area contributed by atoms with Gasteiger partial charge in [-0.15, -0.1) is 0 Å². The number of aryl methyl sites for hydroxylation is 1. The molecule has 0 radical (unpaired) electrons. The van der Waals surface area contributed by atoms with E-state index >= 15 is 0 Å². The summed E-state index contributed by atoms with van der Waals surface area (Å²) in [5, 5.41) is 7.40. The molecule has 0 aliphatic carbocycles. The summed E-state index contributed by atoms with van der Waals surface area (Å²) >= 11 is 1.16. The zero-order valence-corrected chi connectivity index (χ0v) is 16.9. The topological polar surface area (TPSA) is 81.8 Å². The van der Waals surface area contributed by atoms with Crippen molar-refractivity contribution in [3.05, 3.63) is 82.5 Å². The Morgan fingerprint density at radius 2 is 1.87 bits per heavy atom. The summed E-state index contributed by atoms with van der Waals surface area (Å²) < 4.78 is 16.2. The van der Waals surface area contributed by atoms with E-state index in [2.05, 4.69) is 15.4 Å². The van der Waals surface area contributed by atoms with Crippen LogP contribution in [-0.4, -0.2) is 31.0 Å². The number of nitrogens with zero attached hydrogens (tertiary/aromatic N) is 4. The molecule has 2 aromatic carbocycles. The highest BCUT2D eigenvalue weighted by atomic mass is 32.2. The number of para-hydroxylation sites is 1. The number of hydrogen-bond donors (Lipinski definition) is 1. The Morgan fingerprint density at radius 1 is 1.13 bits per heavy atom. The summed E-state index contributed by atoms with van der Waals surface area (Å²) in [7, 11) is 1.71. The first-order chi connectivity index (χ1) is 14.5. The van der Waals surface area contributed by atoms with Crippen molar-refractivity contribution < 1.29 is 9.18 Å². The molecule has 0 aliphatic rings. The average molecular weight is 423 g/mol. The van der Waals surface area contributed by atoms with Gasteiger partial charge in [-0.1, -0.05) is 42.1 Å². The molecule has 9 heteroatoms. The van der Waals surface area contributed by atoms with Gasteiger partial charge in [0.1, 0.15) is 11.3 Å². The van der Waals surface area contributed by atoms with Crippen LogP contribution in [0.1, 0.15) is 5.56 Å². The predicted molar refractivity (Wildman–Crippen MR) is 114 cm³/mol. The molecule has 30 heavy (non-hydrogen) atoms. The second-order valence-electron chi connectivity index (χ2n) is 6.65. The van der Waals surface area contributed by atoms with Crippen LogP contribution >= 0.6 is 11.8 Å². The molecule has 0 aliphatic heterocycles. The fourth-order valence-electron chi connectivity index (χ4n) is 2.96. The van der Waals surface area contributed by atoms with Gasteiger partial charge in [-0.3, -0.25) is 18.8 Å². The van der Waals surface area contributed by atoms with E-state index < -0.39 is 0 Å². The van der Waals surface area contributed by atoms with E-state index in [4.69, 9.17) is 0 Å². The highest BCUT2D eigenvalue weighted by molar-refractivity contribution is 7.99. The molecule has 2 heterocycles. The van der Waals surface area contributed by atoms with Gasteiger partial charge >= 0.3 is 0 Å². The number of halogens is 1. The minimum Gasteiger partial charge on any atom is -0.325 e. The molecule has 0 spiro atoms. The first-order valence-electron chi connectivity index (χ1n) is 9.16. The number of benzene rings is 2. The van der Waals surface area contributed by atoms with E-state index in [9.17, 15) is 14.0 Å². The van der Waals surface area contributed by atoms with Gasteiger partial charge in [-0.25, -0.2) is 9.37 Å². The minimum absolute atomic E-state index is 0.0799. The number of thioether (sulfide) groups is 1. The van der Waals surface area contributed by atoms with Crippen LogP contribution in [0.2, 0.25) is 0 Å². The second-order valence-corrected chi connectivity index (χ2v) is 7.59. The number of carbonyl (C=O) groups excluding carboxylic acids is 1. The summed E-state index contributed by atoms with van der Waals surface area (Å²) in [6.07, 6.45) is 1.66. The Bertz CT molecular complexity index is 1250. The third kappa shape index (κ3) is 4.41. The van der Waals surface area contributed by atoms with Crippen molar-refractivity contribution in [2.75, 3.05) is 11.1 Å². The number of amides is 1. The van der Waals surface area contributed by atoms with Crippen molar-refractivity contribution in [1.29, 1.82) is 0 Å². The molecule has 4 aromatic rings. The molecule has 4 rings (SSSR count). The van der Waals surface area contributed by atoms with Crippen LogP contribution in [0.25, 0.3) is 11.0 Å². The lowest BCUT2D eigenvalue weighted by Gasteiger charge is -2.12. The zero-order chi connectivity index (χ0) is 21.1. The molecule has 0 unspecified atom stereocenters. The van der Waals surface area contributed by atoms with E-state index in [0.717, 1.165) is 17.3 Å². The fraction of sp³-hybridized carbons (Fsp3) is 0.143. The fourth-order valence-corrected chi connectivity index (χ4v) is 3.76. The van der Waals surface area contributed by atoms with Crippen LogP contribution in [0.3, 0.4) is 0 Å². The van der Waals surface area contributed by atoms with E-state index in [-0.39, 0.29) is 35.1 Å². The number of anilines is 1. The Balaban J connectivity index is 1.62. The molecule has 0 bridgehead atoms. The molecule has 152 valence electrons. The molecular formula is C21H18FN5O2S. The maximum absolute atomic E-state index is 13.2. The smallest absolute Gasteiger partial charge is 0.282 e. The molecular weight excluding hydrogens is 405 g/mol. The average Bonchev–Trinajstić information content (AvgIpc) is 3.11. The van der Waals surface area contributed by atoms with Crippen molar-refractivity contribution in [2.45, 2.75) is 11.7 Å². The van der Waals surface area contributed by atoms with Gasteiger partial charge in [-0.05, 0) is 29.8 Å². The van der Waals surface area contributed by atoms with E-state index in [0.29, 0.717) is 16.4 Å². The molecule has 1 N–H and O–H groups in total. The van der Waals surface area contributed by atoms with Crippen molar-refractivity contribution >= 4 is 34.4 Å². The molecule has 0 saturated heterocycles. The molecule has 7 nitrogen and oxygen atoms in total. The van der Waals surface area contributed by atoms with Gasteiger partial charge in [0.2, 0.25) is 5.91 Å². The van der Waals surface area contributed by atoms with Crippen LogP contribution in [0.5, 0.6) is 0 Å². The SMILES string of the molecule is Cn1cc2nc(SCC(=O)Nc3ccccc3)n(Cc3ccc(F)cc3)c(=O)c2n1.